The van der Waals surface area contributed by atoms with Crippen molar-refractivity contribution >= 4 is 5.69 Å². The van der Waals surface area contributed by atoms with E-state index >= 15 is 0 Å². The molecule has 0 unspecified atom stereocenters. The molecule has 19 heavy (non-hydrogen) atoms. The summed E-state index contributed by atoms with van der Waals surface area (Å²) in [6, 6.07) is 4.76. The van der Waals surface area contributed by atoms with Crippen LogP contribution >= 0.6 is 0 Å². The number of benzene rings is 1. The number of hydrazine groups is 1. The molecule has 0 radical (unpaired) electrons. The Morgan fingerprint density at radius 3 is 2.79 bits per heavy atom. The monoisotopic (exact) mass is 267 g/mol. The summed E-state index contributed by atoms with van der Waals surface area (Å²) in [7, 11) is 1.50. The topological polar surface area (TPSA) is 76.9 Å². The second-order valence-electron chi connectivity index (χ2n) is 4.23. The molecule has 0 spiro atoms. The number of nitrogens with zero attached hydrogens (tertiary/aromatic N) is 2. The standard InChI is InChI=1S/C12H17N3O4/c1-18-12-7-10(6-11(8-12)15(16)17)9-13-14-2-4-19-5-3-14/h6-8,13H,2-5,9H2,1H3. The van der Waals surface area contributed by atoms with Gasteiger partial charge in [0.1, 0.15) is 5.75 Å². The molecular weight excluding hydrogens is 250 g/mol. The van der Waals surface area contributed by atoms with Crippen LogP contribution in [-0.2, 0) is 11.3 Å². The molecule has 2 rings (SSSR count). The first-order chi connectivity index (χ1) is 9.19. The average molecular weight is 267 g/mol. The first kappa shape index (κ1) is 13.7. The van der Waals surface area contributed by atoms with E-state index in [1.54, 1.807) is 12.1 Å². The predicted molar refractivity (Wildman–Crippen MR) is 68.9 cm³/mol. The van der Waals surface area contributed by atoms with Crippen LogP contribution in [0.3, 0.4) is 0 Å². The van der Waals surface area contributed by atoms with E-state index in [1.807, 2.05) is 0 Å². The Bertz CT molecular complexity index is 447. The van der Waals surface area contributed by atoms with Gasteiger partial charge in [-0.3, -0.25) is 15.5 Å². The molecule has 0 amide bonds. The molecule has 1 heterocycles. The lowest BCUT2D eigenvalue weighted by Crippen LogP contribution is -2.45. The summed E-state index contributed by atoms with van der Waals surface area (Å²) < 4.78 is 10.3. The molecule has 1 N–H and O–H groups in total. The number of non-ortho nitro benzene ring substituents is 1. The number of rotatable bonds is 5. The molecule has 104 valence electrons. The van der Waals surface area contributed by atoms with Gasteiger partial charge in [-0.15, -0.1) is 0 Å². The maximum Gasteiger partial charge on any atom is 0.273 e. The lowest BCUT2D eigenvalue weighted by molar-refractivity contribution is -0.385. The minimum atomic E-state index is -0.416. The van der Waals surface area contributed by atoms with Gasteiger partial charge in [0, 0.05) is 25.7 Å². The van der Waals surface area contributed by atoms with Crippen molar-refractivity contribution in [3.63, 3.8) is 0 Å². The SMILES string of the molecule is COc1cc(CNN2CCOCC2)cc([N+](=O)[O-])c1. The van der Waals surface area contributed by atoms with E-state index in [1.165, 1.54) is 13.2 Å². The molecule has 1 aromatic carbocycles. The lowest BCUT2D eigenvalue weighted by Gasteiger charge is -2.27. The maximum absolute atomic E-state index is 10.8. The van der Waals surface area contributed by atoms with Gasteiger partial charge in [-0.2, -0.15) is 0 Å². The number of ether oxygens (including phenoxy) is 2. The molecule has 0 aromatic heterocycles. The molecule has 1 fully saturated rings. The van der Waals surface area contributed by atoms with Crippen LogP contribution < -0.4 is 10.2 Å². The van der Waals surface area contributed by atoms with E-state index in [-0.39, 0.29) is 5.69 Å². The van der Waals surface area contributed by atoms with Crippen molar-refractivity contribution < 1.29 is 14.4 Å². The van der Waals surface area contributed by atoms with Crippen molar-refractivity contribution in [3.8, 4) is 5.75 Å². The second kappa shape index (κ2) is 6.46. The quantitative estimate of drug-likeness (QED) is 0.632. The van der Waals surface area contributed by atoms with Crippen molar-refractivity contribution in [2.75, 3.05) is 33.4 Å². The van der Waals surface area contributed by atoms with E-state index in [0.29, 0.717) is 25.5 Å². The normalized spacial score (nSPS) is 16.3. The fourth-order valence-corrected chi connectivity index (χ4v) is 1.89. The van der Waals surface area contributed by atoms with Gasteiger partial charge in [0.2, 0.25) is 0 Å². The smallest absolute Gasteiger partial charge is 0.273 e. The fourth-order valence-electron chi connectivity index (χ4n) is 1.89. The summed E-state index contributed by atoms with van der Waals surface area (Å²) in [6.07, 6.45) is 0. The average Bonchev–Trinajstić information content (AvgIpc) is 2.45. The Balaban J connectivity index is 2.02. The van der Waals surface area contributed by atoms with Crippen molar-refractivity contribution in [2.45, 2.75) is 6.54 Å². The Labute approximate surface area is 111 Å². The van der Waals surface area contributed by atoms with Crippen molar-refractivity contribution in [3.05, 3.63) is 33.9 Å². The van der Waals surface area contributed by atoms with E-state index in [9.17, 15) is 10.1 Å². The Morgan fingerprint density at radius 1 is 1.42 bits per heavy atom. The van der Waals surface area contributed by atoms with Crippen LogP contribution in [0.4, 0.5) is 5.69 Å². The van der Waals surface area contributed by atoms with Crippen LogP contribution in [0, 0.1) is 10.1 Å². The van der Waals surface area contributed by atoms with Crippen LogP contribution in [0.2, 0.25) is 0 Å². The first-order valence-corrected chi connectivity index (χ1v) is 6.07. The van der Waals surface area contributed by atoms with Gasteiger partial charge in [0.05, 0.1) is 31.3 Å². The van der Waals surface area contributed by atoms with Gasteiger partial charge >= 0.3 is 0 Å². The summed E-state index contributed by atoms with van der Waals surface area (Å²) in [5.74, 6) is 0.493. The summed E-state index contributed by atoms with van der Waals surface area (Å²) in [6.45, 7) is 3.55. The summed E-state index contributed by atoms with van der Waals surface area (Å²) in [5.41, 5.74) is 4.09. The molecule has 1 aliphatic heterocycles. The third-order valence-corrected chi connectivity index (χ3v) is 2.92. The Hall–Kier alpha value is -1.70. The third-order valence-electron chi connectivity index (χ3n) is 2.92. The van der Waals surface area contributed by atoms with E-state index < -0.39 is 4.92 Å². The highest BCUT2D eigenvalue weighted by atomic mass is 16.6. The van der Waals surface area contributed by atoms with Crippen molar-refractivity contribution in [2.24, 2.45) is 0 Å². The van der Waals surface area contributed by atoms with E-state index in [2.05, 4.69) is 10.4 Å². The van der Waals surface area contributed by atoms with Crippen molar-refractivity contribution in [1.82, 2.24) is 10.4 Å². The molecule has 0 bridgehead atoms. The van der Waals surface area contributed by atoms with Gasteiger partial charge in [-0.05, 0) is 11.6 Å². The third kappa shape index (κ3) is 3.88. The van der Waals surface area contributed by atoms with Crippen LogP contribution in [-0.4, -0.2) is 43.3 Å². The number of methoxy groups -OCH3 is 1. The first-order valence-electron chi connectivity index (χ1n) is 6.07. The van der Waals surface area contributed by atoms with Gasteiger partial charge in [-0.25, -0.2) is 5.01 Å². The molecular formula is C12H17N3O4. The highest BCUT2D eigenvalue weighted by molar-refractivity contribution is 5.42. The summed E-state index contributed by atoms with van der Waals surface area (Å²) in [5, 5.41) is 12.9. The molecule has 1 saturated heterocycles. The molecule has 7 nitrogen and oxygen atoms in total. The summed E-state index contributed by atoms with van der Waals surface area (Å²) >= 11 is 0. The minimum Gasteiger partial charge on any atom is -0.496 e. The molecule has 0 aliphatic carbocycles. The van der Waals surface area contributed by atoms with Gasteiger partial charge in [0.25, 0.3) is 5.69 Å². The van der Waals surface area contributed by atoms with Gasteiger partial charge < -0.3 is 9.47 Å². The lowest BCUT2D eigenvalue weighted by atomic mass is 10.2. The highest BCUT2D eigenvalue weighted by Crippen LogP contribution is 2.22. The van der Waals surface area contributed by atoms with Crippen LogP contribution in [0.25, 0.3) is 0 Å². The molecule has 0 atom stereocenters. The van der Waals surface area contributed by atoms with E-state index in [4.69, 9.17) is 9.47 Å². The number of nitrogens with one attached hydrogen (secondary N) is 1. The number of morpholine rings is 1. The van der Waals surface area contributed by atoms with Crippen LogP contribution in [0.5, 0.6) is 5.75 Å². The largest absolute Gasteiger partial charge is 0.496 e. The molecule has 0 saturated carbocycles. The number of hydrogen-bond acceptors (Lipinski definition) is 6. The van der Waals surface area contributed by atoms with Gasteiger partial charge in [0.15, 0.2) is 0 Å². The fraction of sp³-hybridized carbons (Fsp3) is 0.500. The Kier molecular flexibility index (Phi) is 4.67. The predicted octanol–water partition coefficient (Wildman–Crippen LogP) is 0.940. The number of nitro benzene ring substituents is 1. The maximum atomic E-state index is 10.8. The molecule has 1 aromatic rings. The second-order valence-corrected chi connectivity index (χ2v) is 4.23. The number of hydrogen-bond donors (Lipinski definition) is 1. The Morgan fingerprint density at radius 2 is 2.16 bits per heavy atom. The van der Waals surface area contributed by atoms with Crippen LogP contribution in [0.15, 0.2) is 18.2 Å². The highest BCUT2D eigenvalue weighted by Gasteiger charge is 2.12. The zero-order valence-corrected chi connectivity index (χ0v) is 10.8. The zero-order chi connectivity index (χ0) is 13.7. The van der Waals surface area contributed by atoms with E-state index in [0.717, 1.165) is 18.7 Å². The van der Waals surface area contributed by atoms with Crippen molar-refractivity contribution in [1.29, 1.82) is 0 Å². The molecule has 7 heteroatoms. The molecule has 1 aliphatic rings. The van der Waals surface area contributed by atoms with Gasteiger partial charge in [-0.1, -0.05) is 0 Å². The number of nitro groups is 1. The van der Waals surface area contributed by atoms with Crippen LogP contribution in [0.1, 0.15) is 5.56 Å². The zero-order valence-electron chi connectivity index (χ0n) is 10.8. The summed E-state index contributed by atoms with van der Waals surface area (Å²) in [4.78, 5) is 10.4. The minimum absolute atomic E-state index is 0.0399.